The van der Waals surface area contributed by atoms with Crippen molar-refractivity contribution >= 4 is 5.78 Å². The lowest BCUT2D eigenvalue weighted by atomic mass is 9.90. The van der Waals surface area contributed by atoms with E-state index in [9.17, 15) is 9.90 Å². The minimum Gasteiger partial charge on any atom is -0.454 e. The number of carbonyl (C=O) groups excluding carboxylic acids is 1. The van der Waals surface area contributed by atoms with E-state index >= 15 is 0 Å². The number of rotatable bonds is 2. The van der Waals surface area contributed by atoms with Gasteiger partial charge in [-0.15, -0.1) is 0 Å². The van der Waals surface area contributed by atoms with Crippen molar-refractivity contribution < 1.29 is 19.4 Å². The zero-order valence-electron chi connectivity index (χ0n) is 8.56. The van der Waals surface area contributed by atoms with Gasteiger partial charge in [0.1, 0.15) is 6.07 Å². The summed E-state index contributed by atoms with van der Waals surface area (Å²) in [5, 5.41) is 18.9. The number of benzene rings is 1. The molecule has 2 rings (SSSR count). The average Bonchev–Trinajstić information content (AvgIpc) is 2.75. The van der Waals surface area contributed by atoms with Gasteiger partial charge in [-0.3, -0.25) is 4.79 Å². The van der Waals surface area contributed by atoms with Crippen LogP contribution in [0, 0.1) is 11.3 Å². The highest BCUT2D eigenvalue weighted by Gasteiger charge is 2.39. The minimum atomic E-state index is -2.18. The lowest BCUT2D eigenvalue weighted by molar-refractivity contribution is -0.130. The third kappa shape index (κ3) is 1.32. The highest BCUT2D eigenvalue weighted by molar-refractivity contribution is 5.90. The Bertz CT molecular complexity index is 491. The van der Waals surface area contributed by atoms with Crippen LogP contribution in [0.3, 0.4) is 0 Å². The van der Waals surface area contributed by atoms with E-state index in [4.69, 9.17) is 14.7 Å². The number of Topliss-reactive ketones (excluding diaryl/α,β-unsaturated/α-hetero) is 1. The predicted molar refractivity (Wildman–Crippen MR) is 52.8 cm³/mol. The maximum Gasteiger partial charge on any atom is 0.239 e. The van der Waals surface area contributed by atoms with Gasteiger partial charge >= 0.3 is 0 Å². The molecule has 1 N–H and O–H groups in total. The van der Waals surface area contributed by atoms with Crippen molar-refractivity contribution in [3.05, 3.63) is 23.8 Å². The van der Waals surface area contributed by atoms with Gasteiger partial charge in [0.2, 0.25) is 12.4 Å². The smallest absolute Gasteiger partial charge is 0.239 e. The Labute approximate surface area is 91.8 Å². The van der Waals surface area contributed by atoms with Crippen LogP contribution >= 0.6 is 0 Å². The molecule has 1 aromatic rings. The summed E-state index contributed by atoms with van der Waals surface area (Å²) in [5.74, 6) is 0.0214. The number of para-hydroxylation sites is 1. The summed E-state index contributed by atoms with van der Waals surface area (Å²) in [4.78, 5) is 11.3. The van der Waals surface area contributed by atoms with Gasteiger partial charge in [-0.05, 0) is 13.0 Å². The second-order valence-electron chi connectivity index (χ2n) is 3.42. The Morgan fingerprint density at radius 3 is 2.94 bits per heavy atom. The summed E-state index contributed by atoms with van der Waals surface area (Å²) in [6.45, 7) is 1.17. The molecule has 1 aliphatic heterocycles. The van der Waals surface area contributed by atoms with Gasteiger partial charge in [0.05, 0.1) is 5.56 Å². The molecule has 0 saturated heterocycles. The first-order valence-electron chi connectivity index (χ1n) is 4.63. The first-order chi connectivity index (χ1) is 7.59. The Balaban J connectivity index is 2.61. The third-order valence-corrected chi connectivity index (χ3v) is 2.46. The SMILES string of the molecule is CC(=O)C(O)(C#N)c1cccc2c1OCO2. The molecule has 0 radical (unpaired) electrons. The molecule has 82 valence electrons. The third-order valence-electron chi connectivity index (χ3n) is 2.46. The molecule has 0 aromatic heterocycles. The van der Waals surface area contributed by atoms with E-state index in [1.165, 1.54) is 6.07 Å². The van der Waals surface area contributed by atoms with Crippen molar-refractivity contribution in [3.8, 4) is 17.6 Å². The van der Waals surface area contributed by atoms with E-state index < -0.39 is 11.4 Å². The lowest BCUT2D eigenvalue weighted by Gasteiger charge is -2.18. The fourth-order valence-corrected chi connectivity index (χ4v) is 1.54. The number of ether oxygens (including phenoxy) is 2. The van der Waals surface area contributed by atoms with E-state index in [1.807, 2.05) is 0 Å². The molecule has 0 amide bonds. The molecule has 0 bridgehead atoms. The quantitative estimate of drug-likeness (QED) is 0.741. The molecule has 0 spiro atoms. The van der Waals surface area contributed by atoms with Crippen molar-refractivity contribution in [2.24, 2.45) is 0 Å². The largest absolute Gasteiger partial charge is 0.454 e. The molecule has 16 heavy (non-hydrogen) atoms. The Kier molecular flexibility index (Phi) is 2.29. The zero-order chi connectivity index (χ0) is 11.8. The molecule has 5 nitrogen and oxygen atoms in total. The second kappa shape index (κ2) is 3.51. The molecule has 1 unspecified atom stereocenters. The Hall–Kier alpha value is -2.06. The second-order valence-corrected chi connectivity index (χ2v) is 3.42. The summed E-state index contributed by atoms with van der Waals surface area (Å²) in [6, 6.07) is 6.30. The normalized spacial score (nSPS) is 16.3. The standard InChI is InChI=1S/C11H9NO4/c1-7(13)11(14,5-12)8-3-2-4-9-10(8)16-6-15-9/h2-4,14H,6H2,1H3. The Morgan fingerprint density at radius 1 is 1.56 bits per heavy atom. The summed E-state index contributed by atoms with van der Waals surface area (Å²) < 4.78 is 10.2. The summed E-state index contributed by atoms with van der Waals surface area (Å²) in [5.41, 5.74) is -2.06. The van der Waals surface area contributed by atoms with Gasteiger partial charge in [0, 0.05) is 0 Å². The molecular weight excluding hydrogens is 210 g/mol. The van der Waals surface area contributed by atoms with Crippen LogP contribution in [-0.4, -0.2) is 17.7 Å². The van der Waals surface area contributed by atoms with Gasteiger partial charge in [0.25, 0.3) is 0 Å². The number of nitriles is 1. The fraction of sp³-hybridized carbons (Fsp3) is 0.273. The molecule has 0 fully saturated rings. The number of hydrogen-bond acceptors (Lipinski definition) is 5. The maximum atomic E-state index is 11.3. The highest BCUT2D eigenvalue weighted by Crippen LogP contribution is 2.40. The van der Waals surface area contributed by atoms with Gasteiger partial charge < -0.3 is 14.6 Å². The van der Waals surface area contributed by atoms with Crippen molar-refractivity contribution in [2.75, 3.05) is 6.79 Å². The van der Waals surface area contributed by atoms with E-state index in [-0.39, 0.29) is 18.1 Å². The lowest BCUT2D eigenvalue weighted by Crippen LogP contribution is -2.32. The number of ketones is 1. The minimum absolute atomic E-state index is 0.0196. The van der Waals surface area contributed by atoms with E-state index in [2.05, 4.69) is 0 Å². The van der Waals surface area contributed by atoms with Crippen molar-refractivity contribution in [1.29, 1.82) is 5.26 Å². The molecule has 1 heterocycles. The van der Waals surface area contributed by atoms with E-state index in [0.717, 1.165) is 6.92 Å². The number of fused-ring (bicyclic) bond motifs is 1. The topological polar surface area (TPSA) is 79.5 Å². The Morgan fingerprint density at radius 2 is 2.31 bits per heavy atom. The number of carbonyl (C=O) groups is 1. The van der Waals surface area contributed by atoms with E-state index in [0.29, 0.717) is 5.75 Å². The molecule has 1 aromatic carbocycles. The van der Waals surface area contributed by atoms with E-state index in [1.54, 1.807) is 18.2 Å². The molecule has 1 aliphatic rings. The number of hydrogen-bond donors (Lipinski definition) is 1. The van der Waals surface area contributed by atoms with Crippen LogP contribution in [0.2, 0.25) is 0 Å². The molecule has 0 saturated carbocycles. The van der Waals surface area contributed by atoms with Crippen LogP contribution in [0.1, 0.15) is 12.5 Å². The summed E-state index contributed by atoms with van der Waals surface area (Å²) in [7, 11) is 0. The first-order valence-corrected chi connectivity index (χ1v) is 4.63. The fourth-order valence-electron chi connectivity index (χ4n) is 1.54. The molecular formula is C11H9NO4. The number of nitrogens with zero attached hydrogens (tertiary/aromatic N) is 1. The highest BCUT2D eigenvalue weighted by atomic mass is 16.7. The van der Waals surface area contributed by atoms with Crippen LogP contribution in [0.25, 0.3) is 0 Å². The molecule has 1 atom stereocenters. The van der Waals surface area contributed by atoms with Crippen LogP contribution < -0.4 is 9.47 Å². The summed E-state index contributed by atoms with van der Waals surface area (Å²) >= 11 is 0. The first kappa shape index (κ1) is 10.5. The van der Waals surface area contributed by atoms with Crippen molar-refractivity contribution in [2.45, 2.75) is 12.5 Å². The summed E-state index contributed by atoms with van der Waals surface area (Å²) in [6.07, 6.45) is 0. The van der Waals surface area contributed by atoms with Gasteiger partial charge in [-0.2, -0.15) is 5.26 Å². The van der Waals surface area contributed by atoms with Gasteiger partial charge in [-0.25, -0.2) is 0 Å². The van der Waals surface area contributed by atoms with Crippen LogP contribution in [0.5, 0.6) is 11.5 Å². The van der Waals surface area contributed by atoms with Gasteiger partial charge in [0.15, 0.2) is 17.3 Å². The monoisotopic (exact) mass is 219 g/mol. The van der Waals surface area contributed by atoms with Crippen LogP contribution in [0.15, 0.2) is 18.2 Å². The van der Waals surface area contributed by atoms with Crippen LogP contribution in [0.4, 0.5) is 0 Å². The molecule has 0 aliphatic carbocycles. The predicted octanol–water partition coefficient (Wildman–Crippen LogP) is 0.715. The van der Waals surface area contributed by atoms with Crippen molar-refractivity contribution in [1.82, 2.24) is 0 Å². The van der Waals surface area contributed by atoms with Crippen LogP contribution in [-0.2, 0) is 10.4 Å². The zero-order valence-corrected chi connectivity index (χ0v) is 8.56. The maximum absolute atomic E-state index is 11.3. The van der Waals surface area contributed by atoms with Gasteiger partial charge in [-0.1, -0.05) is 12.1 Å². The number of aliphatic hydroxyl groups is 1. The average molecular weight is 219 g/mol. The molecule has 5 heteroatoms. The van der Waals surface area contributed by atoms with Crippen molar-refractivity contribution in [3.63, 3.8) is 0 Å².